The third-order valence-corrected chi connectivity index (χ3v) is 4.98. The average molecular weight is 357 g/mol. The fourth-order valence-corrected chi connectivity index (χ4v) is 3.62. The van der Waals surface area contributed by atoms with Crippen LogP contribution in [0.4, 0.5) is 11.5 Å². The Kier molecular flexibility index (Phi) is 3.74. The highest BCUT2D eigenvalue weighted by molar-refractivity contribution is 5.74. The molecule has 6 nitrogen and oxygen atoms in total. The van der Waals surface area contributed by atoms with E-state index in [1.54, 1.807) is 19.5 Å². The Morgan fingerprint density at radius 2 is 1.96 bits per heavy atom. The van der Waals surface area contributed by atoms with Crippen molar-refractivity contribution in [1.82, 2.24) is 19.4 Å². The number of hydrogen-bond donors (Lipinski definition) is 1. The zero-order valence-electron chi connectivity index (χ0n) is 15.0. The Balaban J connectivity index is 1.59. The smallest absolute Gasteiger partial charge is 0.214 e. The van der Waals surface area contributed by atoms with Crippen molar-refractivity contribution < 1.29 is 4.74 Å². The molecule has 0 amide bonds. The number of fused-ring (bicyclic) bond motifs is 2. The first kappa shape index (κ1) is 15.8. The van der Waals surface area contributed by atoms with Gasteiger partial charge in [0, 0.05) is 42.1 Å². The van der Waals surface area contributed by atoms with Crippen molar-refractivity contribution in [3.63, 3.8) is 0 Å². The number of hydrogen-bond acceptors (Lipinski definition) is 5. The number of nitrogens with one attached hydrogen (secondary N) is 1. The highest BCUT2D eigenvalue weighted by Crippen LogP contribution is 2.29. The number of methoxy groups -OCH3 is 1. The van der Waals surface area contributed by atoms with Crippen molar-refractivity contribution >= 4 is 17.2 Å². The molecule has 0 saturated carbocycles. The lowest BCUT2D eigenvalue weighted by molar-refractivity contribution is 0.398. The maximum atomic E-state index is 5.21. The summed E-state index contributed by atoms with van der Waals surface area (Å²) in [5, 5.41) is 3.36. The first-order chi connectivity index (χ1) is 13.3. The van der Waals surface area contributed by atoms with Gasteiger partial charge in [-0.25, -0.2) is 15.0 Å². The molecule has 3 heterocycles. The van der Waals surface area contributed by atoms with E-state index in [0.29, 0.717) is 11.7 Å². The number of benzene rings is 1. The second-order valence-electron chi connectivity index (χ2n) is 6.68. The van der Waals surface area contributed by atoms with E-state index in [-0.39, 0.29) is 0 Å². The van der Waals surface area contributed by atoms with E-state index in [1.165, 1.54) is 24.0 Å². The quantitative estimate of drug-likeness (QED) is 0.597. The molecule has 0 spiro atoms. The van der Waals surface area contributed by atoms with Crippen molar-refractivity contribution in [3.8, 4) is 17.1 Å². The predicted molar refractivity (Wildman–Crippen MR) is 105 cm³/mol. The minimum Gasteiger partial charge on any atom is -0.481 e. The van der Waals surface area contributed by atoms with Crippen molar-refractivity contribution in [2.75, 3.05) is 12.4 Å². The molecule has 27 heavy (non-hydrogen) atoms. The lowest BCUT2D eigenvalue weighted by atomic mass is 10.0. The van der Waals surface area contributed by atoms with E-state index >= 15 is 0 Å². The topological polar surface area (TPSA) is 64.3 Å². The van der Waals surface area contributed by atoms with Crippen molar-refractivity contribution in [3.05, 3.63) is 66.2 Å². The molecule has 0 unspecified atom stereocenters. The van der Waals surface area contributed by atoms with E-state index in [9.17, 15) is 0 Å². The molecule has 0 fully saturated rings. The van der Waals surface area contributed by atoms with E-state index in [2.05, 4.69) is 33.5 Å². The van der Waals surface area contributed by atoms with E-state index < -0.39 is 0 Å². The van der Waals surface area contributed by atoms with Gasteiger partial charge in [-0.05, 0) is 42.5 Å². The van der Waals surface area contributed by atoms with Gasteiger partial charge in [0.05, 0.1) is 12.8 Å². The summed E-state index contributed by atoms with van der Waals surface area (Å²) in [5.41, 5.74) is 6.57. The Morgan fingerprint density at radius 1 is 1.04 bits per heavy atom. The molecule has 3 aromatic heterocycles. The summed E-state index contributed by atoms with van der Waals surface area (Å²) in [7, 11) is 1.60. The van der Waals surface area contributed by atoms with Gasteiger partial charge < -0.3 is 14.5 Å². The third-order valence-electron chi connectivity index (χ3n) is 4.98. The maximum Gasteiger partial charge on any atom is 0.214 e. The molecule has 5 rings (SSSR count). The number of anilines is 2. The van der Waals surface area contributed by atoms with Gasteiger partial charge >= 0.3 is 0 Å². The van der Waals surface area contributed by atoms with Crippen LogP contribution in [0.25, 0.3) is 16.9 Å². The average Bonchev–Trinajstić information content (AvgIpc) is 3.36. The van der Waals surface area contributed by atoms with Gasteiger partial charge in [-0.1, -0.05) is 12.1 Å². The van der Waals surface area contributed by atoms with Crippen LogP contribution in [0.1, 0.15) is 17.5 Å². The molecule has 1 aliphatic carbocycles. The van der Waals surface area contributed by atoms with Crippen molar-refractivity contribution in [2.24, 2.45) is 0 Å². The summed E-state index contributed by atoms with van der Waals surface area (Å²) in [6.45, 7) is 0. The Labute approximate surface area is 156 Å². The molecule has 0 atom stereocenters. The number of aromatic nitrogens is 4. The molecule has 134 valence electrons. The Morgan fingerprint density at radius 3 is 2.89 bits per heavy atom. The summed E-state index contributed by atoms with van der Waals surface area (Å²) < 4.78 is 7.20. The van der Waals surface area contributed by atoms with Gasteiger partial charge in [-0.3, -0.25) is 0 Å². The summed E-state index contributed by atoms with van der Waals surface area (Å²) >= 11 is 0. The first-order valence-corrected chi connectivity index (χ1v) is 9.03. The molecule has 0 bridgehead atoms. The highest BCUT2D eigenvalue weighted by atomic mass is 16.5. The van der Waals surface area contributed by atoms with Gasteiger partial charge in [-0.2, -0.15) is 0 Å². The van der Waals surface area contributed by atoms with Crippen LogP contribution in [0.5, 0.6) is 5.88 Å². The first-order valence-electron chi connectivity index (χ1n) is 9.03. The number of ether oxygens (including phenoxy) is 1. The third kappa shape index (κ3) is 2.89. The molecular weight excluding hydrogens is 338 g/mol. The van der Waals surface area contributed by atoms with Crippen LogP contribution in [-0.4, -0.2) is 26.5 Å². The lowest BCUT2D eigenvalue weighted by Crippen LogP contribution is -2.01. The Bertz CT molecular complexity index is 1130. The second kappa shape index (κ2) is 6.39. The largest absolute Gasteiger partial charge is 0.481 e. The monoisotopic (exact) mass is 357 g/mol. The zero-order valence-corrected chi connectivity index (χ0v) is 15.0. The van der Waals surface area contributed by atoms with Gasteiger partial charge in [0.15, 0.2) is 11.5 Å². The van der Waals surface area contributed by atoms with E-state index in [1.807, 2.05) is 28.9 Å². The summed E-state index contributed by atoms with van der Waals surface area (Å²) in [6, 6.07) is 10.4. The number of rotatable bonds is 4. The fraction of sp³-hybridized carbons (Fsp3) is 0.190. The maximum absolute atomic E-state index is 5.21. The normalized spacial score (nSPS) is 12.9. The van der Waals surface area contributed by atoms with Crippen LogP contribution in [-0.2, 0) is 12.8 Å². The summed E-state index contributed by atoms with van der Waals surface area (Å²) in [6.07, 6.45) is 11.0. The molecule has 0 saturated heterocycles. The fourth-order valence-electron chi connectivity index (χ4n) is 3.62. The van der Waals surface area contributed by atoms with Crippen LogP contribution in [0.3, 0.4) is 0 Å². The van der Waals surface area contributed by atoms with Crippen molar-refractivity contribution in [2.45, 2.75) is 19.3 Å². The molecule has 1 aliphatic rings. The minimum atomic E-state index is 0.550. The SMILES string of the molecule is COc1cc(Nc2nc(-c3ccc4c(c3)CCC4)cn3ccnc23)ccn1. The molecule has 6 heteroatoms. The van der Waals surface area contributed by atoms with Crippen LogP contribution in [0.15, 0.2) is 55.1 Å². The standard InChI is InChI=1S/C21H19N5O/c1-27-19-12-17(7-8-22-19)24-20-21-23-9-10-26(21)13-18(25-20)16-6-5-14-3-2-4-15(14)11-16/h5-13H,2-4H2,1H3,(H,22,24,25). The zero-order chi connectivity index (χ0) is 18.2. The van der Waals surface area contributed by atoms with Crippen LogP contribution >= 0.6 is 0 Å². The molecule has 0 radical (unpaired) electrons. The number of pyridine rings is 1. The second-order valence-corrected chi connectivity index (χ2v) is 6.68. The summed E-state index contributed by atoms with van der Waals surface area (Å²) in [4.78, 5) is 13.5. The summed E-state index contributed by atoms with van der Waals surface area (Å²) in [5.74, 6) is 1.25. The molecule has 1 aromatic carbocycles. The lowest BCUT2D eigenvalue weighted by Gasteiger charge is -2.11. The van der Waals surface area contributed by atoms with Crippen LogP contribution in [0, 0.1) is 0 Å². The van der Waals surface area contributed by atoms with Gasteiger partial charge in [0.2, 0.25) is 5.88 Å². The number of imidazole rings is 1. The van der Waals surface area contributed by atoms with Gasteiger partial charge in [-0.15, -0.1) is 0 Å². The predicted octanol–water partition coefficient (Wildman–Crippen LogP) is 4.03. The van der Waals surface area contributed by atoms with E-state index in [0.717, 1.165) is 29.0 Å². The van der Waals surface area contributed by atoms with Gasteiger partial charge in [0.25, 0.3) is 0 Å². The van der Waals surface area contributed by atoms with E-state index in [4.69, 9.17) is 9.72 Å². The number of nitrogens with zero attached hydrogens (tertiary/aromatic N) is 4. The van der Waals surface area contributed by atoms with Crippen molar-refractivity contribution in [1.29, 1.82) is 0 Å². The Hall–Kier alpha value is -3.41. The highest BCUT2D eigenvalue weighted by Gasteiger charge is 2.14. The minimum absolute atomic E-state index is 0.550. The molecule has 4 aromatic rings. The molecule has 1 N–H and O–H groups in total. The van der Waals surface area contributed by atoms with Gasteiger partial charge in [0.1, 0.15) is 0 Å². The number of aryl methyl sites for hydroxylation is 2. The van der Waals surface area contributed by atoms with Crippen LogP contribution < -0.4 is 10.1 Å². The van der Waals surface area contributed by atoms with Crippen LogP contribution in [0.2, 0.25) is 0 Å². The molecular formula is C21H19N5O. The molecule has 0 aliphatic heterocycles.